The predicted molar refractivity (Wildman–Crippen MR) is 399 cm³/mol. The topological polar surface area (TPSA) is 779 Å². The smallest absolute Gasteiger partial charge is 0.333 e. The first-order chi connectivity index (χ1) is 53.8. The lowest BCUT2D eigenvalue weighted by molar-refractivity contribution is -0.0543. The Morgan fingerprint density at radius 2 is 0.929 bits per heavy atom. The van der Waals surface area contributed by atoms with Gasteiger partial charge in [0.05, 0.1) is 44.9 Å². The number of terminal acetylenes is 2. The van der Waals surface area contributed by atoms with Crippen molar-refractivity contribution in [2.75, 3.05) is 73.0 Å². The standard InChI is InChI=1S/C14H21N5O6.C13H16N6O6.C12H12NO2P.C10H14N6O6.C10H13N5O6.C3H3Br/c1-2-3-4-24-14-16-7-10(17-13(15)18-11(7)23)19(14)12-9(22)8(21)6(5-20)25-12;1-2-3-17-6-9(16-12(14)19(15)10(6)23)18(13(17)24)11-8(22)7(21)5(4-20)25-11;13-15-16(14,11-7-3-1-4-8-11)12-9-5-2-6-10-12;11-9-14-6-3(7(20)16(9)12)13-10(21)15(6)8-5(19)4(18)2(1-17)22-8;11-9-13-6-3(7(19)14-9)12-10(20)15(6)8-5(18)4(17)2(1-16)21-8;1-2-3-4/h6,8-9,12,20-22H,2-5H2,1H3,(H3,15,17,18,23);1,5,7-8,11,20-22H,3-4,15H2,(H2,14,16);1-10H,13H2;2,4-5,8,17-19H,1,12H2,(H2,11,14)(H,13,21);2,4-5,8,16-18H,1H2,(H,12,20)(H3,11,13,14,19);1H,3H2/t6-,8+,9-,12-;5-,7+,8-,11-;;2*2-,4+,5-,8-;/m11.11./s1. The van der Waals surface area contributed by atoms with Gasteiger partial charge in [0.1, 0.15) is 73.2 Å². The Balaban J connectivity index is 0.000000161. The molecule has 0 aliphatic carbocycles. The number of ether oxygens (including phenoxy) is 5. The number of hydrogen-bond donors (Lipinski definition) is 23. The summed E-state index contributed by atoms with van der Waals surface area (Å²) in [6.45, 7) is -0.106. The van der Waals surface area contributed by atoms with Gasteiger partial charge in [-0.3, -0.25) is 48.2 Å². The van der Waals surface area contributed by atoms with Gasteiger partial charge in [0.15, 0.2) is 69.6 Å². The van der Waals surface area contributed by atoms with E-state index in [2.05, 4.69) is 72.6 Å². The first kappa shape index (κ1) is 85.9. The third kappa shape index (κ3) is 17.0. The predicted octanol–water partition coefficient (Wildman–Crippen LogP) is -10.4. The van der Waals surface area contributed by atoms with Crippen LogP contribution in [-0.4, -0.2) is 250 Å². The average Bonchev–Trinajstić information content (AvgIpc) is 1.47. The van der Waals surface area contributed by atoms with Crippen LogP contribution in [0.5, 0.6) is 6.01 Å². The average molecular weight is 1670 g/mol. The van der Waals surface area contributed by atoms with Crippen molar-refractivity contribution in [1.82, 2.24) is 77.0 Å². The van der Waals surface area contributed by atoms with Gasteiger partial charge in [-0.25, -0.2) is 43.2 Å². The lowest BCUT2D eigenvalue weighted by atomic mass is 10.1. The Kier molecular flexibility index (Phi) is 27.9. The fourth-order valence-corrected chi connectivity index (χ4v) is 13.5. The zero-order valence-electron chi connectivity index (χ0n) is 58.8. The SMILES string of the molecule is C#CCBr.C#CCn1c(=O)n([C@@H]2O[C@H](CO)[C@H](O)[C@H]2O)c2nc(N)n(N)c(=O)c21.CCCCOc1nc2c(=O)[nH]c(N)nc2n1[C@@H]1O[C@H](CO)[C@H](O)[C@H]1O.NOP(=O)(c1ccccc1)c1ccccc1.Nc1nc2c([nH]c(=O)n2[C@@H]2O[C@H](CO)[C@H](O)[C@H]2O)c(=O)[nH]1.Nc1nc2c([nH]c(=O)n2[C@@H]2O[C@H](CO)[C@H](O)[C@H]2O)c(=O)n1N. The molecule has 4 saturated heterocycles. The molecule has 12 heterocycles. The van der Waals surface area contributed by atoms with Crippen molar-refractivity contribution in [3.63, 3.8) is 0 Å². The molecule has 4 fully saturated rings. The third-order valence-electron chi connectivity index (χ3n) is 17.5. The summed E-state index contributed by atoms with van der Waals surface area (Å²) in [7, 11) is -3.13. The first-order valence-corrected chi connectivity index (χ1v) is 36.0. The zero-order valence-corrected chi connectivity index (χ0v) is 61.3. The number of unbranched alkanes of at least 4 members (excludes halogenated alkanes) is 1. The normalized spacial score (nSPS) is 24.4. The van der Waals surface area contributed by atoms with Gasteiger partial charge in [0.25, 0.3) is 29.6 Å². The minimum atomic E-state index is -3.13. The minimum absolute atomic E-state index is 0.0156. The van der Waals surface area contributed by atoms with Crippen molar-refractivity contribution < 1.29 is 94.2 Å². The van der Waals surface area contributed by atoms with Gasteiger partial charge in [-0.2, -0.15) is 34.3 Å². The van der Waals surface area contributed by atoms with Crippen molar-refractivity contribution in [2.45, 2.75) is 124 Å². The number of nitrogens with two attached hydrogens (primary N) is 7. The van der Waals surface area contributed by atoms with E-state index in [-0.39, 0.29) is 81.0 Å². The molecule has 0 amide bonds. The molecule has 49 nitrogen and oxygen atoms in total. The van der Waals surface area contributed by atoms with Crippen LogP contribution in [0.15, 0.2) is 94.2 Å². The molecule has 0 radical (unpaired) electrons. The largest absolute Gasteiger partial charge is 0.465 e. The van der Waals surface area contributed by atoms with E-state index in [0.29, 0.717) is 31.9 Å². The number of aliphatic hydroxyl groups excluding tert-OH is 12. The lowest BCUT2D eigenvalue weighted by Crippen LogP contribution is -2.36. The van der Waals surface area contributed by atoms with Gasteiger partial charge in [-0.15, -0.1) is 12.8 Å². The number of aromatic nitrogens is 16. The van der Waals surface area contributed by atoms with Crippen LogP contribution in [0.4, 0.5) is 23.8 Å². The second kappa shape index (κ2) is 36.6. The summed E-state index contributed by atoms with van der Waals surface area (Å²) in [5.41, 5.74) is 15.8. The number of aliphatic hydroxyl groups is 12. The van der Waals surface area contributed by atoms with Gasteiger partial charge in [-0.05, 0) is 30.7 Å². The highest BCUT2D eigenvalue weighted by Crippen LogP contribution is 2.42. The number of hydrogen-bond acceptors (Lipinski definition) is 38. The minimum Gasteiger partial charge on any atom is -0.465 e. The molecule has 0 saturated carbocycles. The van der Waals surface area contributed by atoms with E-state index in [1.54, 1.807) is 24.3 Å². The van der Waals surface area contributed by atoms with E-state index in [1.807, 2.05) is 43.3 Å². The molecule has 14 rings (SSSR count). The number of H-pyrrole nitrogens is 4. The maximum atomic E-state index is 12.7. The zero-order chi connectivity index (χ0) is 82.9. The number of fused-ring (bicyclic) bond motifs is 4. The molecule has 16 atom stereocenters. The van der Waals surface area contributed by atoms with Crippen molar-refractivity contribution in [2.24, 2.45) is 5.90 Å². The summed E-state index contributed by atoms with van der Waals surface area (Å²) in [5.74, 6) is 19.6. The summed E-state index contributed by atoms with van der Waals surface area (Å²) in [6.07, 6.45) is -9.24. The van der Waals surface area contributed by atoms with Gasteiger partial charge < -0.3 is 120 Å². The van der Waals surface area contributed by atoms with Crippen molar-refractivity contribution in [3.8, 4) is 30.7 Å². The van der Waals surface area contributed by atoms with Gasteiger partial charge >= 0.3 is 23.1 Å². The van der Waals surface area contributed by atoms with E-state index in [9.17, 15) is 89.2 Å². The highest BCUT2D eigenvalue weighted by Gasteiger charge is 2.49. The monoisotopic (exact) mass is 1670 g/mol. The molecule has 0 unspecified atom stereocenters. The third-order valence-corrected chi connectivity index (χ3v) is 20.0. The molecule has 610 valence electrons. The van der Waals surface area contributed by atoms with Crippen LogP contribution < -0.4 is 95.2 Å². The summed E-state index contributed by atoms with van der Waals surface area (Å²) in [4.78, 5) is 114. The molecule has 113 heavy (non-hydrogen) atoms. The number of benzene rings is 2. The Morgan fingerprint density at radius 3 is 1.35 bits per heavy atom. The number of halogens is 1. The Labute approximate surface area is 638 Å². The van der Waals surface area contributed by atoms with Crippen LogP contribution in [0.25, 0.3) is 44.7 Å². The molecule has 4 aliphatic heterocycles. The number of imidazole rings is 4. The van der Waals surface area contributed by atoms with Crippen LogP contribution in [0, 0.1) is 24.7 Å². The van der Waals surface area contributed by atoms with Crippen LogP contribution in [0.2, 0.25) is 0 Å². The number of aromatic amines is 4. The highest BCUT2D eigenvalue weighted by atomic mass is 79.9. The second-order valence-electron chi connectivity index (χ2n) is 24.5. The number of anilines is 4. The van der Waals surface area contributed by atoms with Crippen molar-refractivity contribution in [1.29, 1.82) is 0 Å². The maximum Gasteiger partial charge on any atom is 0.333 e. The number of nitrogens with one attached hydrogen (secondary N) is 4. The quantitative estimate of drug-likeness (QED) is 0.0107. The number of rotatable bonds is 16. The summed E-state index contributed by atoms with van der Waals surface area (Å²) < 4.78 is 50.3. The molecule has 0 spiro atoms. The first-order valence-electron chi connectivity index (χ1n) is 33.3. The van der Waals surface area contributed by atoms with E-state index >= 15 is 0 Å². The van der Waals surface area contributed by atoms with Gasteiger partial charge in [-0.1, -0.05) is 77.5 Å². The molecular weight excluding hydrogens is 1590 g/mol. The molecule has 4 aliphatic rings. The number of alkyl halides is 1. The van der Waals surface area contributed by atoms with E-state index in [4.69, 9.17) is 91.9 Å². The summed E-state index contributed by atoms with van der Waals surface area (Å²) in [5, 5.41) is 118. The molecule has 0 bridgehead atoms. The fraction of sp³-hybridized carbons (Fsp3) is 0.419. The number of nitrogen functional groups attached to an aromatic ring is 6. The second-order valence-corrected chi connectivity index (χ2v) is 27.4. The Morgan fingerprint density at radius 1 is 0.531 bits per heavy atom. The Hall–Kier alpha value is -11.0. The maximum absolute atomic E-state index is 12.7. The van der Waals surface area contributed by atoms with Crippen molar-refractivity contribution >= 4 is 102 Å². The van der Waals surface area contributed by atoms with E-state index in [0.717, 1.165) is 31.1 Å². The molecule has 30 N–H and O–H groups in total. The molecule has 8 aromatic heterocycles. The fourth-order valence-electron chi connectivity index (χ4n) is 11.8. The van der Waals surface area contributed by atoms with Crippen LogP contribution >= 0.6 is 23.3 Å². The van der Waals surface area contributed by atoms with Crippen molar-refractivity contribution in [3.05, 3.63) is 134 Å². The molecule has 2 aromatic carbocycles. The van der Waals surface area contributed by atoms with Gasteiger partial charge in [0, 0.05) is 10.6 Å². The summed E-state index contributed by atoms with van der Waals surface area (Å²) in [6, 6.07) is 18.0. The van der Waals surface area contributed by atoms with E-state index < -0.39 is 171 Å². The molecule has 51 heteroatoms. The van der Waals surface area contributed by atoms with Crippen LogP contribution in [0.1, 0.15) is 44.7 Å². The molecular formula is C62H79BrN23O26P. The van der Waals surface area contributed by atoms with E-state index in [1.165, 1.54) is 4.57 Å². The molecule has 10 aromatic rings. The lowest BCUT2D eigenvalue weighted by Gasteiger charge is -2.19. The number of nitrogens with zero attached hydrogens (tertiary/aromatic N) is 12. The van der Waals surface area contributed by atoms with Gasteiger partial charge in [0.2, 0.25) is 23.8 Å². The highest BCUT2D eigenvalue weighted by molar-refractivity contribution is 9.09. The Bertz CT molecular complexity index is 5550. The van der Waals surface area contributed by atoms with Crippen LogP contribution in [-0.2, 0) is 34.7 Å². The summed E-state index contributed by atoms with van der Waals surface area (Å²) >= 11 is 3.01. The van der Waals surface area contributed by atoms with Crippen LogP contribution in [0.3, 0.4) is 0 Å².